The summed E-state index contributed by atoms with van der Waals surface area (Å²) in [6, 6.07) is 0. The van der Waals surface area contributed by atoms with Crippen molar-refractivity contribution in [1.29, 1.82) is 0 Å². The molecule has 0 aromatic rings. The highest BCUT2D eigenvalue weighted by Gasteiger charge is 2.71. The van der Waals surface area contributed by atoms with Gasteiger partial charge in [0.2, 0.25) is 0 Å². The molecule has 0 unspecified atom stereocenters. The van der Waals surface area contributed by atoms with Crippen molar-refractivity contribution in [2.24, 2.45) is 33.6 Å². The van der Waals surface area contributed by atoms with Gasteiger partial charge in [-0.3, -0.25) is 4.99 Å². The fourth-order valence-electron chi connectivity index (χ4n) is 10.1. The summed E-state index contributed by atoms with van der Waals surface area (Å²) in [7, 11) is 0. The Hall–Kier alpha value is -1.40. The average molecular weight is 578 g/mol. The second-order valence-electron chi connectivity index (χ2n) is 13.9. The van der Waals surface area contributed by atoms with Crippen LogP contribution in [0.5, 0.6) is 0 Å². The zero-order chi connectivity index (χ0) is 29.2. The number of fused-ring (bicyclic) bond motifs is 5. The van der Waals surface area contributed by atoms with E-state index in [1.807, 2.05) is 6.21 Å². The third kappa shape index (κ3) is 4.55. The molecule has 1 saturated heterocycles. The SMILES string of the molecule is C[C@@H]1O[C@H](O[C@@H]2CC[C@]3(C=NCCO)[C@H]4CC[C@]5(C)[C@H](C6=CC(=O)OC6)CC[C@]5(O)[C@@H]4CC[C@]3(O)C2)C[C@H](O)[C@H]1O. The first-order chi connectivity index (χ1) is 19.5. The van der Waals surface area contributed by atoms with Crippen LogP contribution in [0.3, 0.4) is 0 Å². The zero-order valence-corrected chi connectivity index (χ0v) is 24.3. The van der Waals surface area contributed by atoms with Gasteiger partial charge < -0.3 is 39.7 Å². The van der Waals surface area contributed by atoms with Crippen LogP contribution in [0.4, 0.5) is 0 Å². The highest BCUT2D eigenvalue weighted by atomic mass is 16.7. The minimum Gasteiger partial charge on any atom is -0.458 e. The highest BCUT2D eigenvalue weighted by Crippen LogP contribution is 2.70. The Balaban J connectivity index is 1.26. The maximum Gasteiger partial charge on any atom is 0.331 e. The Morgan fingerprint density at radius 3 is 2.59 bits per heavy atom. The number of aliphatic hydroxyl groups is 5. The monoisotopic (exact) mass is 577 g/mol. The number of carbonyl (C=O) groups is 1. The number of hydrogen-bond acceptors (Lipinski definition) is 10. The topological polar surface area (TPSA) is 158 Å². The van der Waals surface area contributed by atoms with Crippen molar-refractivity contribution in [3.05, 3.63) is 11.6 Å². The Morgan fingerprint density at radius 1 is 1.10 bits per heavy atom. The van der Waals surface area contributed by atoms with Crippen LogP contribution in [0.25, 0.3) is 0 Å². The average Bonchev–Trinajstić information content (AvgIpc) is 3.47. The van der Waals surface area contributed by atoms with Gasteiger partial charge in [0.25, 0.3) is 0 Å². The number of aliphatic imine (C=N–C) groups is 1. The van der Waals surface area contributed by atoms with Gasteiger partial charge in [-0.25, -0.2) is 4.79 Å². The fourth-order valence-corrected chi connectivity index (χ4v) is 10.1. The van der Waals surface area contributed by atoms with Crippen molar-refractivity contribution in [1.82, 2.24) is 0 Å². The molecule has 6 rings (SSSR count). The second-order valence-corrected chi connectivity index (χ2v) is 13.9. The molecule has 6 aliphatic rings. The standard InChI is InChI=1S/C31H47NO9/c1-18-27(36)24(34)14-26(40-18)41-20-3-8-29(17-32-11-12-33)22-4-7-28(2)21(19-13-25(35)39-16-19)6-10-31(28,38)23(22)5-9-30(29,37)15-20/h13,17-18,20-24,26-27,33-34,36-38H,3-12,14-16H2,1-2H3/t18-,20+,21-,22-,23+,24-,26+,27-,28+,29-,30-,31-/m0/s1. The van der Waals surface area contributed by atoms with E-state index in [9.17, 15) is 30.3 Å². The van der Waals surface area contributed by atoms with Crippen LogP contribution in [0.1, 0.15) is 78.1 Å². The number of carbonyl (C=O) groups excluding carboxylic acids is 1. The van der Waals surface area contributed by atoms with Gasteiger partial charge >= 0.3 is 5.97 Å². The minimum absolute atomic E-state index is 0.0137. The molecule has 2 heterocycles. The molecule has 0 bridgehead atoms. The number of hydrogen-bond donors (Lipinski definition) is 5. The predicted molar refractivity (Wildman–Crippen MR) is 148 cm³/mol. The summed E-state index contributed by atoms with van der Waals surface area (Å²) in [6.07, 6.45) is 6.25. The number of aliphatic hydroxyl groups excluding tert-OH is 3. The van der Waals surface area contributed by atoms with Gasteiger partial charge in [0.15, 0.2) is 6.29 Å². The van der Waals surface area contributed by atoms with Crippen molar-refractivity contribution < 1.29 is 44.5 Å². The molecule has 0 radical (unpaired) electrons. The molecule has 4 saturated carbocycles. The minimum atomic E-state index is -1.11. The van der Waals surface area contributed by atoms with E-state index in [0.29, 0.717) is 45.1 Å². The first-order valence-electron chi connectivity index (χ1n) is 15.6. The first kappa shape index (κ1) is 29.7. The molecule has 0 aromatic carbocycles. The van der Waals surface area contributed by atoms with Crippen LogP contribution in [0.15, 0.2) is 16.6 Å². The molecule has 4 aliphatic carbocycles. The molecule has 10 nitrogen and oxygen atoms in total. The summed E-state index contributed by atoms with van der Waals surface area (Å²) < 4.78 is 17.4. The van der Waals surface area contributed by atoms with Crippen LogP contribution in [-0.4, -0.2) is 99.4 Å². The Kier molecular flexibility index (Phi) is 7.70. The van der Waals surface area contributed by atoms with E-state index in [1.165, 1.54) is 0 Å². The van der Waals surface area contributed by atoms with E-state index < -0.39 is 41.2 Å². The molecule has 230 valence electrons. The van der Waals surface area contributed by atoms with Gasteiger partial charge in [-0.05, 0) is 81.6 Å². The summed E-state index contributed by atoms with van der Waals surface area (Å²) in [5.41, 5.74) is -2.09. The van der Waals surface area contributed by atoms with Crippen LogP contribution in [-0.2, 0) is 19.0 Å². The number of cyclic esters (lactones) is 1. The molecule has 10 heteroatoms. The normalized spacial score (nSPS) is 51.6. The summed E-state index contributed by atoms with van der Waals surface area (Å²) >= 11 is 0. The number of ether oxygens (including phenoxy) is 3. The number of esters is 1. The van der Waals surface area contributed by atoms with Gasteiger partial charge in [-0.15, -0.1) is 0 Å². The van der Waals surface area contributed by atoms with Crippen LogP contribution < -0.4 is 0 Å². The van der Waals surface area contributed by atoms with Crippen molar-refractivity contribution in [3.63, 3.8) is 0 Å². The fraction of sp³-hybridized carbons (Fsp3) is 0.871. The van der Waals surface area contributed by atoms with Crippen LogP contribution in [0, 0.1) is 28.6 Å². The summed E-state index contributed by atoms with van der Waals surface area (Å²) in [6.45, 7) is 4.39. The van der Waals surface area contributed by atoms with E-state index in [4.69, 9.17) is 14.2 Å². The van der Waals surface area contributed by atoms with Crippen molar-refractivity contribution in [3.8, 4) is 0 Å². The summed E-state index contributed by atoms with van der Waals surface area (Å²) in [5.74, 6) is -0.218. The molecule has 12 atom stereocenters. The van der Waals surface area contributed by atoms with Crippen molar-refractivity contribution in [2.75, 3.05) is 19.8 Å². The maximum atomic E-state index is 12.6. The second kappa shape index (κ2) is 10.6. The van der Waals surface area contributed by atoms with E-state index in [1.54, 1.807) is 13.0 Å². The lowest BCUT2D eigenvalue weighted by atomic mass is 9.41. The number of rotatable bonds is 6. The molecule has 5 fully saturated rings. The van der Waals surface area contributed by atoms with Gasteiger partial charge in [0.05, 0.1) is 42.7 Å². The summed E-state index contributed by atoms with van der Waals surface area (Å²) in [4.78, 5) is 16.5. The van der Waals surface area contributed by atoms with Crippen molar-refractivity contribution in [2.45, 2.75) is 120 Å². The van der Waals surface area contributed by atoms with Gasteiger partial charge in [-0.2, -0.15) is 0 Å². The van der Waals surface area contributed by atoms with E-state index in [0.717, 1.165) is 24.8 Å². The lowest BCUT2D eigenvalue weighted by Gasteiger charge is -2.66. The van der Waals surface area contributed by atoms with Gasteiger partial charge in [-0.1, -0.05) is 6.92 Å². The Labute approximate surface area is 241 Å². The van der Waals surface area contributed by atoms with Gasteiger partial charge in [0, 0.05) is 36.0 Å². The van der Waals surface area contributed by atoms with E-state index in [-0.39, 0.29) is 54.8 Å². The first-order valence-corrected chi connectivity index (χ1v) is 15.6. The van der Waals surface area contributed by atoms with Gasteiger partial charge in [0.1, 0.15) is 12.7 Å². The molecule has 5 N–H and O–H groups in total. The predicted octanol–water partition coefficient (Wildman–Crippen LogP) is 1.64. The zero-order valence-electron chi connectivity index (χ0n) is 24.3. The third-order valence-electron chi connectivity index (χ3n) is 12.2. The lowest BCUT2D eigenvalue weighted by Crippen LogP contribution is -2.69. The smallest absolute Gasteiger partial charge is 0.331 e. The molecule has 0 aromatic heterocycles. The lowest BCUT2D eigenvalue weighted by molar-refractivity contribution is -0.282. The van der Waals surface area contributed by atoms with E-state index in [2.05, 4.69) is 11.9 Å². The molecule has 0 spiro atoms. The molecule has 0 amide bonds. The Morgan fingerprint density at radius 2 is 1.88 bits per heavy atom. The number of nitrogens with zero attached hydrogens (tertiary/aromatic N) is 1. The molecular weight excluding hydrogens is 530 g/mol. The molecule has 41 heavy (non-hydrogen) atoms. The molecular formula is C31H47NO9. The molecule has 2 aliphatic heterocycles. The van der Waals surface area contributed by atoms with Crippen molar-refractivity contribution >= 4 is 12.2 Å². The Bertz CT molecular complexity index is 1070. The van der Waals surface area contributed by atoms with Crippen LogP contribution >= 0.6 is 0 Å². The van der Waals surface area contributed by atoms with Crippen LogP contribution in [0.2, 0.25) is 0 Å². The maximum absolute atomic E-state index is 12.6. The highest BCUT2D eigenvalue weighted by molar-refractivity contribution is 5.85. The largest absolute Gasteiger partial charge is 0.458 e. The summed E-state index contributed by atoms with van der Waals surface area (Å²) in [5, 5.41) is 54.8. The quantitative estimate of drug-likeness (QED) is 0.180. The third-order valence-corrected chi connectivity index (χ3v) is 12.2. The van der Waals surface area contributed by atoms with E-state index >= 15 is 0 Å².